The highest BCUT2D eigenvalue weighted by Crippen LogP contribution is 2.25. The fraction of sp³-hybridized carbons (Fsp3) is 0.700. The Labute approximate surface area is 74.0 Å². The average Bonchev–Trinajstić information content (AvgIpc) is 2.05. The Morgan fingerprint density at radius 1 is 1.58 bits per heavy atom. The van der Waals surface area contributed by atoms with Crippen molar-refractivity contribution in [2.45, 2.75) is 33.6 Å². The van der Waals surface area contributed by atoms with E-state index in [0.29, 0.717) is 11.8 Å². The molecule has 0 saturated heterocycles. The fourth-order valence-corrected chi connectivity index (χ4v) is 1.52. The Morgan fingerprint density at radius 3 is 2.75 bits per heavy atom. The van der Waals surface area contributed by atoms with Gasteiger partial charge < -0.3 is 5.21 Å². The molecule has 12 heavy (non-hydrogen) atoms. The van der Waals surface area contributed by atoms with Gasteiger partial charge in [0.1, 0.15) is 0 Å². The maximum absolute atomic E-state index is 8.70. The van der Waals surface area contributed by atoms with E-state index in [4.69, 9.17) is 5.21 Å². The van der Waals surface area contributed by atoms with E-state index in [1.54, 1.807) is 0 Å². The van der Waals surface area contributed by atoms with E-state index in [2.05, 4.69) is 25.9 Å². The molecule has 0 aromatic heterocycles. The highest BCUT2D eigenvalue weighted by atomic mass is 16.4. The molecule has 1 aliphatic rings. The Bertz CT molecular complexity index is 216. The summed E-state index contributed by atoms with van der Waals surface area (Å²) in [5.74, 6) is 0.992. The summed E-state index contributed by atoms with van der Waals surface area (Å²) in [7, 11) is 0. The van der Waals surface area contributed by atoms with Gasteiger partial charge in [-0.2, -0.15) is 0 Å². The smallest absolute Gasteiger partial charge is 0.0823 e. The molecule has 0 spiro atoms. The SMILES string of the molecule is CC(C)C1=C/C(=N/O)C(C)CC1. The predicted molar refractivity (Wildman–Crippen MR) is 50.5 cm³/mol. The summed E-state index contributed by atoms with van der Waals surface area (Å²) in [5.41, 5.74) is 2.24. The van der Waals surface area contributed by atoms with Crippen LogP contribution in [-0.4, -0.2) is 10.9 Å². The molecule has 0 aromatic carbocycles. The zero-order chi connectivity index (χ0) is 9.14. The number of hydrogen-bond donors (Lipinski definition) is 1. The van der Waals surface area contributed by atoms with Gasteiger partial charge in [0.05, 0.1) is 5.71 Å². The van der Waals surface area contributed by atoms with Gasteiger partial charge in [-0.3, -0.25) is 0 Å². The van der Waals surface area contributed by atoms with E-state index in [9.17, 15) is 0 Å². The molecule has 0 aliphatic heterocycles. The highest BCUT2D eigenvalue weighted by molar-refractivity contribution is 5.97. The third kappa shape index (κ3) is 1.87. The van der Waals surface area contributed by atoms with Crippen molar-refractivity contribution in [3.8, 4) is 0 Å². The molecule has 0 radical (unpaired) electrons. The Hall–Kier alpha value is -0.790. The van der Waals surface area contributed by atoms with Gasteiger partial charge >= 0.3 is 0 Å². The minimum Gasteiger partial charge on any atom is -0.411 e. The maximum atomic E-state index is 8.70. The quantitative estimate of drug-likeness (QED) is 0.472. The highest BCUT2D eigenvalue weighted by Gasteiger charge is 2.17. The monoisotopic (exact) mass is 167 g/mol. The first-order chi connectivity index (χ1) is 5.65. The fourth-order valence-electron chi connectivity index (χ4n) is 1.52. The van der Waals surface area contributed by atoms with Crippen molar-refractivity contribution in [2.75, 3.05) is 0 Å². The second-order valence-electron chi connectivity index (χ2n) is 3.84. The van der Waals surface area contributed by atoms with Crippen LogP contribution in [-0.2, 0) is 0 Å². The van der Waals surface area contributed by atoms with Gasteiger partial charge in [0.2, 0.25) is 0 Å². The third-order valence-corrected chi connectivity index (χ3v) is 2.56. The zero-order valence-electron chi connectivity index (χ0n) is 8.04. The van der Waals surface area contributed by atoms with E-state index in [1.165, 1.54) is 5.57 Å². The van der Waals surface area contributed by atoms with Crippen molar-refractivity contribution < 1.29 is 5.21 Å². The van der Waals surface area contributed by atoms with Crippen molar-refractivity contribution in [2.24, 2.45) is 17.0 Å². The second kappa shape index (κ2) is 3.74. The summed E-state index contributed by atoms with van der Waals surface area (Å²) in [6, 6.07) is 0. The van der Waals surface area contributed by atoms with Crippen LogP contribution in [0.5, 0.6) is 0 Å². The second-order valence-corrected chi connectivity index (χ2v) is 3.84. The van der Waals surface area contributed by atoms with Crippen LogP contribution in [0.4, 0.5) is 0 Å². The molecule has 0 fully saturated rings. The van der Waals surface area contributed by atoms with Gasteiger partial charge in [-0.25, -0.2) is 0 Å². The Kier molecular flexibility index (Phi) is 2.90. The van der Waals surface area contributed by atoms with E-state index in [-0.39, 0.29) is 0 Å². The zero-order valence-corrected chi connectivity index (χ0v) is 8.04. The van der Waals surface area contributed by atoms with Crippen molar-refractivity contribution in [3.05, 3.63) is 11.6 Å². The molecule has 1 unspecified atom stereocenters. The molecular weight excluding hydrogens is 150 g/mol. The van der Waals surface area contributed by atoms with Gasteiger partial charge in [0.15, 0.2) is 0 Å². The standard InChI is InChI=1S/C10H17NO/c1-7(2)9-5-4-8(3)10(6-9)11-12/h6-8,12H,4-5H2,1-3H3/b11-10-. The molecule has 0 aromatic rings. The van der Waals surface area contributed by atoms with Crippen LogP contribution in [0, 0.1) is 11.8 Å². The molecule has 2 heteroatoms. The lowest BCUT2D eigenvalue weighted by atomic mass is 9.85. The first-order valence-electron chi connectivity index (χ1n) is 4.57. The summed E-state index contributed by atoms with van der Waals surface area (Å²) in [6.45, 7) is 6.45. The van der Waals surface area contributed by atoms with E-state index >= 15 is 0 Å². The molecule has 0 bridgehead atoms. The molecule has 1 atom stereocenters. The van der Waals surface area contributed by atoms with Crippen LogP contribution in [0.2, 0.25) is 0 Å². The minimum absolute atomic E-state index is 0.414. The predicted octanol–water partition coefficient (Wildman–Crippen LogP) is 2.83. The first kappa shape index (κ1) is 9.30. The van der Waals surface area contributed by atoms with Crippen LogP contribution in [0.25, 0.3) is 0 Å². The lowest BCUT2D eigenvalue weighted by molar-refractivity contribution is 0.315. The van der Waals surface area contributed by atoms with Gasteiger partial charge in [-0.15, -0.1) is 0 Å². The maximum Gasteiger partial charge on any atom is 0.0823 e. The summed E-state index contributed by atoms with van der Waals surface area (Å²) in [6.07, 6.45) is 4.31. The van der Waals surface area contributed by atoms with Gasteiger partial charge in [0.25, 0.3) is 0 Å². The molecule has 0 amide bonds. The lowest BCUT2D eigenvalue weighted by Crippen LogP contribution is -2.16. The molecule has 2 nitrogen and oxygen atoms in total. The van der Waals surface area contributed by atoms with Crippen LogP contribution < -0.4 is 0 Å². The number of nitrogens with zero attached hydrogens (tertiary/aromatic N) is 1. The molecule has 1 aliphatic carbocycles. The van der Waals surface area contributed by atoms with E-state index in [1.807, 2.05) is 6.08 Å². The number of allylic oxidation sites excluding steroid dienone is 2. The van der Waals surface area contributed by atoms with Crippen molar-refractivity contribution in [1.29, 1.82) is 0 Å². The van der Waals surface area contributed by atoms with E-state index < -0.39 is 0 Å². The van der Waals surface area contributed by atoms with Gasteiger partial charge in [0, 0.05) is 5.92 Å². The van der Waals surface area contributed by atoms with E-state index in [0.717, 1.165) is 18.6 Å². The topological polar surface area (TPSA) is 32.6 Å². The average molecular weight is 167 g/mol. The van der Waals surface area contributed by atoms with Gasteiger partial charge in [-0.1, -0.05) is 31.5 Å². The summed E-state index contributed by atoms with van der Waals surface area (Å²) >= 11 is 0. The summed E-state index contributed by atoms with van der Waals surface area (Å²) in [5, 5.41) is 12.0. The Balaban J connectivity index is 2.81. The van der Waals surface area contributed by atoms with Crippen molar-refractivity contribution in [3.63, 3.8) is 0 Å². The summed E-state index contributed by atoms with van der Waals surface area (Å²) in [4.78, 5) is 0. The molecule has 0 saturated carbocycles. The first-order valence-corrected chi connectivity index (χ1v) is 4.57. The van der Waals surface area contributed by atoms with Crippen LogP contribution in [0.1, 0.15) is 33.6 Å². The molecule has 1 N–H and O–H groups in total. The number of hydrogen-bond acceptors (Lipinski definition) is 2. The van der Waals surface area contributed by atoms with Crippen molar-refractivity contribution in [1.82, 2.24) is 0 Å². The largest absolute Gasteiger partial charge is 0.411 e. The van der Waals surface area contributed by atoms with Crippen molar-refractivity contribution >= 4 is 5.71 Å². The molecule has 0 heterocycles. The van der Waals surface area contributed by atoms with Crippen LogP contribution >= 0.6 is 0 Å². The molecule has 1 rings (SSSR count). The molecular formula is C10H17NO. The third-order valence-electron chi connectivity index (χ3n) is 2.56. The van der Waals surface area contributed by atoms with Gasteiger partial charge in [-0.05, 0) is 24.8 Å². The summed E-state index contributed by atoms with van der Waals surface area (Å²) < 4.78 is 0. The van der Waals surface area contributed by atoms with Crippen LogP contribution in [0.15, 0.2) is 16.8 Å². The Morgan fingerprint density at radius 2 is 2.25 bits per heavy atom. The van der Waals surface area contributed by atoms with Crippen LogP contribution in [0.3, 0.4) is 0 Å². The minimum atomic E-state index is 0.414. The number of rotatable bonds is 1. The number of oxime groups is 1. The molecule has 68 valence electrons. The normalized spacial score (nSPS) is 27.8. The lowest BCUT2D eigenvalue weighted by Gasteiger charge is -2.21.